The molecule has 0 amide bonds. The Kier molecular flexibility index (Phi) is 11.3. The Labute approximate surface area is 218 Å². The minimum Gasteiger partial charge on any atom is -0.264 e. The fourth-order valence-electron chi connectivity index (χ4n) is 3.96. The van der Waals surface area contributed by atoms with Gasteiger partial charge in [-0.1, -0.05) is 87.7 Å². The van der Waals surface area contributed by atoms with E-state index in [9.17, 15) is 0 Å². The Hall–Kier alpha value is -3.97. The quantitative estimate of drug-likeness (QED) is 0.296. The van der Waals surface area contributed by atoms with Crippen molar-refractivity contribution < 1.29 is 0 Å². The minimum atomic E-state index is 0.985. The average molecular weight is 474 g/mol. The van der Waals surface area contributed by atoms with Crippen LogP contribution in [0.1, 0.15) is 52.7 Å². The van der Waals surface area contributed by atoms with Crippen LogP contribution >= 0.6 is 0 Å². The van der Waals surface area contributed by atoms with Crippen LogP contribution in [0.3, 0.4) is 0 Å². The zero-order valence-corrected chi connectivity index (χ0v) is 22.7. The number of aromatic nitrogens is 1. The summed E-state index contributed by atoms with van der Waals surface area (Å²) in [6.07, 6.45) is 16.1. The van der Waals surface area contributed by atoms with E-state index in [4.69, 9.17) is 0 Å². The third-order valence-corrected chi connectivity index (χ3v) is 5.82. The third-order valence-electron chi connectivity index (χ3n) is 5.82. The van der Waals surface area contributed by atoms with Crippen LogP contribution < -0.4 is 0 Å². The van der Waals surface area contributed by atoms with Crippen molar-refractivity contribution in [1.82, 2.24) is 4.98 Å². The van der Waals surface area contributed by atoms with E-state index >= 15 is 0 Å². The van der Waals surface area contributed by atoms with E-state index < -0.39 is 0 Å². The summed E-state index contributed by atoms with van der Waals surface area (Å²) in [6.45, 7) is 20.6. The predicted octanol–water partition coefficient (Wildman–Crippen LogP) is 10.5. The van der Waals surface area contributed by atoms with Gasteiger partial charge in [-0.2, -0.15) is 0 Å². The molecular weight excluding hydrogens is 434 g/mol. The highest BCUT2D eigenvalue weighted by Crippen LogP contribution is 2.32. The Balaban J connectivity index is 0.00000222. The van der Waals surface area contributed by atoms with Gasteiger partial charge in [0.25, 0.3) is 0 Å². The van der Waals surface area contributed by atoms with Crippen LogP contribution in [0.4, 0.5) is 0 Å². The first kappa shape index (κ1) is 28.3. The summed E-state index contributed by atoms with van der Waals surface area (Å²) < 4.78 is 0. The van der Waals surface area contributed by atoms with Crippen molar-refractivity contribution in [3.05, 3.63) is 139 Å². The third kappa shape index (κ3) is 7.52. The molecule has 1 heterocycles. The molecule has 3 rings (SSSR count). The molecule has 1 aromatic heterocycles. The van der Waals surface area contributed by atoms with Crippen molar-refractivity contribution in [1.29, 1.82) is 0 Å². The Morgan fingerprint density at radius 1 is 0.833 bits per heavy atom. The van der Waals surface area contributed by atoms with Gasteiger partial charge in [0.05, 0.1) is 0 Å². The zero-order chi connectivity index (χ0) is 26.5. The van der Waals surface area contributed by atoms with Crippen LogP contribution in [0.25, 0.3) is 33.4 Å². The van der Waals surface area contributed by atoms with Gasteiger partial charge >= 0.3 is 0 Å². The van der Waals surface area contributed by atoms with Crippen LogP contribution in [0.5, 0.6) is 0 Å². The van der Waals surface area contributed by atoms with Crippen LogP contribution in [0, 0.1) is 0 Å². The maximum absolute atomic E-state index is 4.41. The maximum atomic E-state index is 4.41. The molecule has 0 unspecified atom stereocenters. The number of benzene rings is 2. The second-order valence-corrected chi connectivity index (χ2v) is 8.30. The van der Waals surface area contributed by atoms with Gasteiger partial charge in [-0.3, -0.25) is 4.98 Å². The van der Waals surface area contributed by atoms with Gasteiger partial charge in [0.1, 0.15) is 0 Å². The largest absolute Gasteiger partial charge is 0.264 e. The Bertz CT molecular complexity index is 1300. The number of allylic oxidation sites excluding steroid dienone is 10. The van der Waals surface area contributed by atoms with E-state index in [-0.39, 0.29) is 0 Å². The van der Waals surface area contributed by atoms with Crippen molar-refractivity contribution in [2.75, 3.05) is 0 Å². The summed E-state index contributed by atoms with van der Waals surface area (Å²) >= 11 is 0. The molecule has 0 fully saturated rings. The summed E-state index contributed by atoms with van der Waals surface area (Å²) in [4.78, 5) is 4.28. The molecule has 36 heavy (non-hydrogen) atoms. The van der Waals surface area contributed by atoms with Crippen LogP contribution in [-0.4, -0.2) is 4.98 Å². The molecule has 2 aromatic carbocycles. The summed E-state index contributed by atoms with van der Waals surface area (Å²) in [5.74, 6) is 0. The summed E-state index contributed by atoms with van der Waals surface area (Å²) in [5.41, 5.74) is 11.4. The van der Waals surface area contributed by atoms with Crippen molar-refractivity contribution in [2.45, 2.75) is 41.5 Å². The molecule has 1 nitrogen and oxygen atoms in total. The van der Waals surface area contributed by atoms with E-state index in [0.717, 1.165) is 44.5 Å². The molecule has 0 aliphatic heterocycles. The summed E-state index contributed by atoms with van der Waals surface area (Å²) in [6, 6.07) is 19.3. The van der Waals surface area contributed by atoms with Crippen LogP contribution in [0.2, 0.25) is 0 Å². The van der Waals surface area contributed by atoms with Crippen LogP contribution in [0.15, 0.2) is 128 Å². The highest BCUT2D eigenvalue weighted by Gasteiger charge is 2.09. The molecule has 0 spiro atoms. The molecule has 0 saturated heterocycles. The summed E-state index contributed by atoms with van der Waals surface area (Å²) in [5, 5.41) is 0. The Morgan fingerprint density at radius 3 is 2.11 bits per heavy atom. The van der Waals surface area contributed by atoms with E-state index in [1.165, 1.54) is 11.1 Å². The molecule has 0 atom stereocenters. The molecule has 1 heteroatoms. The van der Waals surface area contributed by atoms with E-state index in [0.29, 0.717) is 0 Å². The molecule has 0 N–H and O–H groups in total. The lowest BCUT2D eigenvalue weighted by atomic mass is 9.91. The SMILES string of the molecule is C=C/C=C(\C)c1cc(C(=C)/C=C(C)/C(/C=C\C)=C/C)cc(-c2cccc(-c3cccnc3)c2)c1.CC. The lowest BCUT2D eigenvalue weighted by molar-refractivity contribution is 1.33. The minimum absolute atomic E-state index is 0.985. The van der Waals surface area contributed by atoms with Crippen molar-refractivity contribution in [2.24, 2.45) is 0 Å². The lowest BCUT2D eigenvalue weighted by Crippen LogP contribution is -1.91. The lowest BCUT2D eigenvalue weighted by Gasteiger charge is -2.13. The fraction of sp³-hybridized carbons (Fsp3) is 0.171. The highest BCUT2D eigenvalue weighted by molar-refractivity contribution is 5.83. The van der Waals surface area contributed by atoms with Crippen molar-refractivity contribution in [3.63, 3.8) is 0 Å². The summed E-state index contributed by atoms with van der Waals surface area (Å²) in [7, 11) is 0. The highest BCUT2D eigenvalue weighted by atomic mass is 14.6. The molecule has 184 valence electrons. The number of hydrogen-bond donors (Lipinski definition) is 0. The second-order valence-electron chi connectivity index (χ2n) is 8.30. The average Bonchev–Trinajstić information content (AvgIpc) is 2.93. The first-order valence-electron chi connectivity index (χ1n) is 12.6. The van der Waals surface area contributed by atoms with Gasteiger partial charge in [0.15, 0.2) is 0 Å². The van der Waals surface area contributed by atoms with E-state index in [1.807, 2.05) is 45.2 Å². The Morgan fingerprint density at radius 2 is 1.50 bits per heavy atom. The van der Waals surface area contributed by atoms with Gasteiger partial charge in [-0.15, -0.1) is 0 Å². The molecule has 0 aliphatic carbocycles. The monoisotopic (exact) mass is 473 g/mol. The van der Waals surface area contributed by atoms with Crippen molar-refractivity contribution in [3.8, 4) is 22.3 Å². The van der Waals surface area contributed by atoms with Gasteiger partial charge < -0.3 is 0 Å². The van der Waals surface area contributed by atoms with E-state index in [2.05, 4.69) is 112 Å². The molecule has 0 saturated carbocycles. The maximum Gasteiger partial charge on any atom is 0.0346 e. The molecular formula is C35H39N. The number of rotatable bonds is 8. The van der Waals surface area contributed by atoms with Gasteiger partial charge in [-0.25, -0.2) is 0 Å². The van der Waals surface area contributed by atoms with Crippen molar-refractivity contribution >= 4 is 11.1 Å². The molecule has 0 aliphatic rings. The van der Waals surface area contributed by atoms with Gasteiger partial charge in [0, 0.05) is 18.0 Å². The number of nitrogens with zero attached hydrogens (tertiary/aromatic N) is 1. The van der Waals surface area contributed by atoms with Gasteiger partial charge in [-0.05, 0) is 108 Å². The normalized spacial score (nSPS) is 12.2. The molecule has 0 bridgehead atoms. The first-order chi connectivity index (χ1) is 17.5. The predicted molar refractivity (Wildman–Crippen MR) is 162 cm³/mol. The van der Waals surface area contributed by atoms with Gasteiger partial charge in [0.2, 0.25) is 0 Å². The molecule has 3 aromatic rings. The smallest absolute Gasteiger partial charge is 0.0346 e. The number of hydrogen-bond acceptors (Lipinski definition) is 1. The fourth-order valence-corrected chi connectivity index (χ4v) is 3.96. The standard InChI is InChI=1S/C33H33N.C2H6/c1-7-12-24(4)31-20-32(26(6)18-25(5)27(9-3)13-8-2)22-33(21-31)29-15-10-14-28(19-29)30-16-11-17-34-23-30;1-2/h7-23H,1,6H2,2-5H3;1-2H3/b13-8-,24-12+,25-18+,27-9+;. The zero-order valence-electron chi connectivity index (χ0n) is 22.7. The topological polar surface area (TPSA) is 12.9 Å². The second kappa shape index (κ2) is 14.4. The first-order valence-corrected chi connectivity index (χ1v) is 12.6. The van der Waals surface area contributed by atoms with E-state index in [1.54, 1.807) is 6.20 Å². The number of pyridine rings is 1. The molecule has 0 radical (unpaired) electrons. The van der Waals surface area contributed by atoms with Crippen LogP contribution in [-0.2, 0) is 0 Å².